The highest BCUT2D eigenvalue weighted by molar-refractivity contribution is 9.11. The van der Waals surface area contributed by atoms with Gasteiger partial charge >= 0.3 is 0 Å². The standard InChI is InChI=1S/C42H33BrN2/c43-34-22-15-30(16-23-34)31-17-24-37(25-18-31)44(35-9-3-1-4-10-35)38-26-19-32(20-27-38)33-21-28-42-40(29-33)39-13-7-8-14-41(39)45(42)36-11-5-2-6-12-36/h1-15,17,19-22,24,26-29H,16,18,23,25H2. The second-order valence-corrected chi connectivity index (χ2v) is 12.8. The molecule has 3 heteroatoms. The lowest BCUT2D eigenvalue weighted by molar-refractivity contribution is 0.849. The maximum Gasteiger partial charge on any atom is 0.0541 e. The molecule has 1 heterocycles. The summed E-state index contributed by atoms with van der Waals surface area (Å²) in [5, 5.41) is 2.54. The molecule has 1 aromatic heterocycles. The highest BCUT2D eigenvalue weighted by Gasteiger charge is 2.20. The zero-order valence-electron chi connectivity index (χ0n) is 25.0. The molecule has 218 valence electrons. The number of fused-ring (bicyclic) bond motifs is 3. The Balaban J connectivity index is 1.15. The fourth-order valence-electron chi connectivity index (χ4n) is 6.83. The van der Waals surface area contributed by atoms with Gasteiger partial charge in [-0.1, -0.05) is 107 Å². The van der Waals surface area contributed by atoms with E-state index in [-0.39, 0.29) is 0 Å². The van der Waals surface area contributed by atoms with Crippen LogP contribution in [0.4, 0.5) is 11.4 Å². The van der Waals surface area contributed by atoms with Gasteiger partial charge in [-0.2, -0.15) is 0 Å². The molecule has 2 aliphatic rings. The summed E-state index contributed by atoms with van der Waals surface area (Å²) in [4.78, 5) is 2.42. The molecule has 6 aromatic rings. The fourth-order valence-corrected chi connectivity index (χ4v) is 7.16. The zero-order valence-corrected chi connectivity index (χ0v) is 26.6. The number of aromatic nitrogens is 1. The third-order valence-corrected chi connectivity index (χ3v) is 9.75. The molecule has 0 N–H and O–H groups in total. The van der Waals surface area contributed by atoms with E-state index in [9.17, 15) is 0 Å². The molecule has 0 bridgehead atoms. The molecule has 0 spiro atoms. The van der Waals surface area contributed by atoms with Crippen molar-refractivity contribution in [3.63, 3.8) is 0 Å². The predicted molar refractivity (Wildman–Crippen MR) is 195 cm³/mol. The van der Waals surface area contributed by atoms with Gasteiger partial charge in [0, 0.05) is 33.5 Å². The van der Waals surface area contributed by atoms with Crippen LogP contribution in [-0.2, 0) is 0 Å². The Morgan fingerprint density at radius 1 is 0.489 bits per heavy atom. The number of para-hydroxylation sites is 3. The largest absolute Gasteiger partial charge is 0.314 e. The number of halogens is 1. The molecule has 0 amide bonds. The van der Waals surface area contributed by atoms with Gasteiger partial charge in [0.05, 0.1) is 11.0 Å². The van der Waals surface area contributed by atoms with E-state index in [1.165, 1.54) is 71.3 Å². The first kappa shape index (κ1) is 27.7. The molecule has 45 heavy (non-hydrogen) atoms. The Morgan fingerprint density at radius 3 is 1.82 bits per heavy atom. The van der Waals surface area contributed by atoms with Crippen molar-refractivity contribution in [1.29, 1.82) is 0 Å². The van der Waals surface area contributed by atoms with Crippen LogP contribution in [0, 0.1) is 0 Å². The van der Waals surface area contributed by atoms with E-state index >= 15 is 0 Å². The van der Waals surface area contributed by atoms with Crippen LogP contribution in [0.15, 0.2) is 173 Å². The van der Waals surface area contributed by atoms with Crippen molar-refractivity contribution >= 4 is 49.1 Å². The van der Waals surface area contributed by atoms with E-state index in [0.29, 0.717) is 0 Å². The topological polar surface area (TPSA) is 8.17 Å². The summed E-state index contributed by atoms with van der Waals surface area (Å²) in [5.41, 5.74) is 12.7. The van der Waals surface area contributed by atoms with Gasteiger partial charge in [-0.25, -0.2) is 0 Å². The maximum atomic E-state index is 3.65. The SMILES string of the molecule is BrC1=CC=C(C2=CC=C(N(c3ccccc3)c3ccc(-c4ccc5c(c4)c4ccccc4n5-c4ccccc4)cc3)CC2)CC1. The Kier molecular flexibility index (Phi) is 7.32. The molecular weight excluding hydrogens is 612 g/mol. The number of hydrogen-bond acceptors (Lipinski definition) is 1. The summed E-state index contributed by atoms with van der Waals surface area (Å²) >= 11 is 3.65. The van der Waals surface area contributed by atoms with Gasteiger partial charge in [-0.15, -0.1) is 0 Å². The van der Waals surface area contributed by atoms with Crippen LogP contribution < -0.4 is 4.90 Å². The smallest absolute Gasteiger partial charge is 0.0541 e. The van der Waals surface area contributed by atoms with Gasteiger partial charge in [-0.05, 0) is 113 Å². The number of rotatable bonds is 6. The molecule has 0 radical (unpaired) electrons. The first-order valence-electron chi connectivity index (χ1n) is 15.7. The number of benzene rings is 5. The monoisotopic (exact) mass is 644 g/mol. The van der Waals surface area contributed by atoms with E-state index in [4.69, 9.17) is 0 Å². The van der Waals surface area contributed by atoms with Crippen LogP contribution in [-0.4, -0.2) is 4.57 Å². The van der Waals surface area contributed by atoms with Crippen molar-refractivity contribution in [2.45, 2.75) is 25.7 Å². The van der Waals surface area contributed by atoms with Gasteiger partial charge in [0.2, 0.25) is 0 Å². The minimum Gasteiger partial charge on any atom is -0.314 e. The van der Waals surface area contributed by atoms with Crippen LogP contribution >= 0.6 is 15.9 Å². The van der Waals surface area contributed by atoms with E-state index < -0.39 is 0 Å². The van der Waals surface area contributed by atoms with Gasteiger partial charge in [-0.3, -0.25) is 0 Å². The van der Waals surface area contributed by atoms with Crippen molar-refractivity contribution in [2.75, 3.05) is 4.90 Å². The quantitative estimate of drug-likeness (QED) is 0.175. The lowest BCUT2D eigenvalue weighted by Crippen LogP contribution is -2.18. The predicted octanol–water partition coefficient (Wildman–Crippen LogP) is 12.2. The summed E-state index contributed by atoms with van der Waals surface area (Å²) in [7, 11) is 0. The average molecular weight is 646 g/mol. The lowest BCUT2D eigenvalue weighted by atomic mass is 9.90. The molecule has 0 fully saturated rings. The normalized spacial score (nSPS) is 15.0. The molecule has 0 saturated carbocycles. The van der Waals surface area contributed by atoms with E-state index in [2.05, 4.69) is 177 Å². The second-order valence-electron chi connectivity index (χ2n) is 11.8. The van der Waals surface area contributed by atoms with Crippen LogP contribution in [0.3, 0.4) is 0 Å². The second kappa shape index (κ2) is 11.9. The van der Waals surface area contributed by atoms with Gasteiger partial charge in [0.15, 0.2) is 0 Å². The third-order valence-electron chi connectivity index (χ3n) is 9.09. The van der Waals surface area contributed by atoms with Crippen LogP contribution in [0.25, 0.3) is 38.6 Å². The molecular formula is C42H33BrN2. The lowest BCUT2D eigenvalue weighted by Gasteiger charge is -2.30. The Bertz CT molecular complexity index is 2150. The first-order valence-corrected chi connectivity index (χ1v) is 16.5. The van der Waals surface area contributed by atoms with Gasteiger partial charge in [0.1, 0.15) is 0 Å². The summed E-state index contributed by atoms with van der Waals surface area (Å²) in [6.07, 6.45) is 13.4. The third kappa shape index (κ3) is 5.28. The maximum absolute atomic E-state index is 3.65. The molecule has 0 saturated heterocycles. The molecule has 0 unspecified atom stereocenters. The average Bonchev–Trinajstić information content (AvgIpc) is 3.44. The van der Waals surface area contributed by atoms with Crippen LogP contribution in [0.5, 0.6) is 0 Å². The van der Waals surface area contributed by atoms with Crippen molar-refractivity contribution in [2.24, 2.45) is 0 Å². The van der Waals surface area contributed by atoms with Gasteiger partial charge in [0.25, 0.3) is 0 Å². The van der Waals surface area contributed by atoms with Crippen molar-refractivity contribution in [1.82, 2.24) is 4.57 Å². The Morgan fingerprint density at radius 2 is 1.11 bits per heavy atom. The minimum absolute atomic E-state index is 1.01. The van der Waals surface area contributed by atoms with Crippen molar-refractivity contribution in [3.05, 3.63) is 173 Å². The first-order chi connectivity index (χ1) is 22.2. The molecule has 0 atom stereocenters. The van der Waals surface area contributed by atoms with Gasteiger partial charge < -0.3 is 9.47 Å². The number of nitrogens with zero attached hydrogens (tertiary/aromatic N) is 2. The summed E-state index contributed by atoms with van der Waals surface area (Å²) in [5.74, 6) is 0. The van der Waals surface area contributed by atoms with E-state index in [1.54, 1.807) is 0 Å². The van der Waals surface area contributed by atoms with Crippen LogP contribution in [0.2, 0.25) is 0 Å². The van der Waals surface area contributed by atoms with Crippen molar-refractivity contribution < 1.29 is 0 Å². The van der Waals surface area contributed by atoms with E-state index in [1.807, 2.05) is 0 Å². The van der Waals surface area contributed by atoms with E-state index in [0.717, 1.165) is 25.7 Å². The Hall–Kier alpha value is -4.86. The summed E-state index contributed by atoms with van der Waals surface area (Å²) in [6.45, 7) is 0. The number of anilines is 2. The molecule has 0 aliphatic heterocycles. The minimum atomic E-state index is 1.01. The Labute approximate surface area is 273 Å². The summed E-state index contributed by atoms with van der Waals surface area (Å²) < 4.78 is 3.66. The zero-order chi connectivity index (χ0) is 30.2. The molecule has 5 aromatic carbocycles. The van der Waals surface area contributed by atoms with Crippen molar-refractivity contribution in [3.8, 4) is 16.8 Å². The highest BCUT2D eigenvalue weighted by atomic mass is 79.9. The summed E-state index contributed by atoms with van der Waals surface area (Å²) in [6, 6.07) is 46.1. The number of hydrogen-bond donors (Lipinski definition) is 0. The molecule has 8 rings (SSSR count). The number of allylic oxidation sites excluding steroid dienone is 8. The highest BCUT2D eigenvalue weighted by Crippen LogP contribution is 2.39. The van der Waals surface area contributed by atoms with Crippen LogP contribution in [0.1, 0.15) is 25.7 Å². The molecule has 2 aliphatic carbocycles. The molecule has 2 nitrogen and oxygen atoms in total. The fraction of sp³-hybridized carbons (Fsp3) is 0.0952.